The summed E-state index contributed by atoms with van der Waals surface area (Å²) < 4.78 is 7.26. The van der Waals surface area contributed by atoms with Gasteiger partial charge in [-0.3, -0.25) is 9.78 Å². The predicted octanol–water partition coefficient (Wildman–Crippen LogP) is 4.90. The van der Waals surface area contributed by atoms with Crippen LogP contribution in [0.15, 0.2) is 48.7 Å². The number of hydrogen-bond acceptors (Lipinski definition) is 4. The molecule has 0 aliphatic carbocycles. The summed E-state index contributed by atoms with van der Waals surface area (Å²) >= 11 is 5.75. The Morgan fingerprint density at radius 3 is 2.65 bits per heavy atom. The molecule has 2 aromatic heterocycles. The van der Waals surface area contributed by atoms with Gasteiger partial charge in [-0.15, -0.1) is 0 Å². The lowest BCUT2D eigenvalue weighted by molar-refractivity contribution is -0.140. The Hall–Kier alpha value is -3.19. The zero-order chi connectivity index (χ0) is 24.4. The summed E-state index contributed by atoms with van der Waals surface area (Å²) in [6, 6.07) is 14.4. The lowest BCUT2D eigenvalue weighted by Gasteiger charge is -2.28. The Balaban J connectivity index is 1.84. The van der Waals surface area contributed by atoms with Crippen molar-refractivity contribution in [2.45, 2.75) is 52.6 Å². The zero-order valence-corrected chi connectivity index (χ0v) is 21.3. The molecule has 1 fully saturated rings. The number of methoxy groups -OCH3 is 1. The first-order chi connectivity index (χ1) is 16.4. The third-order valence-corrected chi connectivity index (χ3v) is 7.05. The Kier molecular flexibility index (Phi) is 7.03. The second kappa shape index (κ2) is 9.97. The van der Waals surface area contributed by atoms with Crippen molar-refractivity contribution in [3.63, 3.8) is 0 Å². The molecule has 6 nitrogen and oxygen atoms in total. The summed E-state index contributed by atoms with van der Waals surface area (Å²) in [6.45, 7) is 9.15. The number of esters is 1. The van der Waals surface area contributed by atoms with Gasteiger partial charge in [0, 0.05) is 24.1 Å². The van der Waals surface area contributed by atoms with E-state index in [1.807, 2.05) is 18.2 Å². The fraction of sp³-hybridized carbons (Fsp3) is 0.370. The number of ether oxygens (including phenoxy) is 1. The van der Waals surface area contributed by atoms with E-state index in [-0.39, 0.29) is 24.5 Å². The van der Waals surface area contributed by atoms with Crippen LogP contribution in [0, 0.1) is 20.8 Å². The van der Waals surface area contributed by atoms with E-state index in [2.05, 4.69) is 71.7 Å². The van der Waals surface area contributed by atoms with Crippen molar-refractivity contribution in [2.24, 2.45) is 0 Å². The van der Waals surface area contributed by atoms with Crippen molar-refractivity contribution < 1.29 is 9.53 Å². The van der Waals surface area contributed by atoms with Crippen molar-refractivity contribution in [3.8, 4) is 5.69 Å². The number of benzene rings is 1. The Morgan fingerprint density at radius 2 is 1.97 bits per heavy atom. The molecule has 0 amide bonds. The van der Waals surface area contributed by atoms with Crippen molar-refractivity contribution in [2.75, 3.05) is 13.7 Å². The smallest absolute Gasteiger partial charge is 0.307 e. The molecule has 0 spiro atoms. The highest BCUT2D eigenvalue weighted by Crippen LogP contribution is 2.42. The number of aryl methyl sites for hydroxylation is 3. The Labute approximate surface area is 207 Å². The van der Waals surface area contributed by atoms with Crippen LogP contribution in [0.2, 0.25) is 0 Å². The molecule has 1 aromatic carbocycles. The van der Waals surface area contributed by atoms with Crippen LogP contribution in [-0.4, -0.2) is 39.2 Å². The molecular formula is C27H32N4O2S. The van der Waals surface area contributed by atoms with E-state index in [1.165, 1.54) is 40.9 Å². The fourth-order valence-electron chi connectivity index (χ4n) is 5.05. The van der Waals surface area contributed by atoms with Crippen molar-refractivity contribution in [3.05, 3.63) is 82.4 Å². The van der Waals surface area contributed by atoms with Crippen LogP contribution in [0.1, 0.15) is 59.2 Å². The number of nitrogens with zero attached hydrogens (tertiary/aromatic N) is 3. The highest BCUT2D eigenvalue weighted by atomic mass is 32.1. The zero-order valence-electron chi connectivity index (χ0n) is 20.5. The number of aromatic nitrogens is 2. The monoisotopic (exact) mass is 476 g/mol. The molecule has 0 bridgehead atoms. The fourth-order valence-corrected chi connectivity index (χ4v) is 5.39. The van der Waals surface area contributed by atoms with Crippen LogP contribution >= 0.6 is 12.2 Å². The summed E-state index contributed by atoms with van der Waals surface area (Å²) in [4.78, 5) is 18.7. The minimum absolute atomic E-state index is 0.0962. The van der Waals surface area contributed by atoms with E-state index in [4.69, 9.17) is 17.0 Å². The second-order valence-electron chi connectivity index (χ2n) is 8.74. The van der Waals surface area contributed by atoms with Gasteiger partial charge in [-0.2, -0.15) is 0 Å². The molecule has 3 heterocycles. The molecule has 34 heavy (non-hydrogen) atoms. The number of pyridine rings is 1. The van der Waals surface area contributed by atoms with Crippen molar-refractivity contribution >= 4 is 23.3 Å². The SMILES string of the molecule is CCc1cccc(C)c1-n1c(C)cc(C2C(c3ccccn3)NC(=S)N2CCC(=O)OC)c1C. The minimum Gasteiger partial charge on any atom is -0.469 e. The van der Waals surface area contributed by atoms with Crippen LogP contribution < -0.4 is 5.32 Å². The number of rotatable bonds is 7. The van der Waals surface area contributed by atoms with Crippen LogP contribution in [0.3, 0.4) is 0 Å². The standard InChI is InChI=1S/C27H32N4O2S/c1-6-20-11-9-10-17(2)25(20)31-18(3)16-21(19(31)4)26-24(22-12-7-8-14-28-22)29-27(34)30(26)15-13-23(32)33-5/h7-12,14,16,24,26H,6,13,15H2,1-5H3,(H,29,34). The van der Waals surface area contributed by atoms with Gasteiger partial charge in [0.05, 0.1) is 37.0 Å². The third kappa shape index (κ3) is 4.32. The van der Waals surface area contributed by atoms with Crippen LogP contribution in [-0.2, 0) is 16.0 Å². The quantitative estimate of drug-likeness (QED) is 0.387. The molecule has 1 saturated heterocycles. The van der Waals surface area contributed by atoms with Gasteiger partial charge in [0.1, 0.15) is 0 Å². The number of carbonyl (C=O) groups excluding carboxylic acids is 1. The number of nitrogens with one attached hydrogen (secondary N) is 1. The van der Waals surface area contributed by atoms with Gasteiger partial charge in [-0.05, 0) is 74.3 Å². The summed E-state index contributed by atoms with van der Waals surface area (Å²) in [7, 11) is 1.41. The first kappa shape index (κ1) is 24.0. The average Bonchev–Trinajstić information content (AvgIpc) is 3.32. The van der Waals surface area contributed by atoms with Crippen molar-refractivity contribution in [1.82, 2.24) is 19.8 Å². The number of carbonyl (C=O) groups is 1. The predicted molar refractivity (Wildman–Crippen MR) is 138 cm³/mol. The maximum absolute atomic E-state index is 12.0. The Morgan fingerprint density at radius 1 is 1.18 bits per heavy atom. The van der Waals surface area contributed by atoms with E-state index in [1.54, 1.807) is 6.20 Å². The molecule has 4 rings (SSSR count). The normalized spacial score (nSPS) is 17.7. The van der Waals surface area contributed by atoms with E-state index in [0.717, 1.165) is 12.1 Å². The van der Waals surface area contributed by atoms with Gasteiger partial charge in [0.25, 0.3) is 0 Å². The first-order valence-corrected chi connectivity index (χ1v) is 12.1. The van der Waals surface area contributed by atoms with Gasteiger partial charge < -0.3 is 19.5 Å². The van der Waals surface area contributed by atoms with Crippen molar-refractivity contribution in [1.29, 1.82) is 0 Å². The lowest BCUT2D eigenvalue weighted by atomic mass is 9.96. The molecule has 1 aliphatic heterocycles. The molecule has 0 saturated carbocycles. The molecule has 7 heteroatoms. The molecule has 1 aliphatic rings. The van der Waals surface area contributed by atoms with E-state index >= 15 is 0 Å². The number of para-hydroxylation sites is 1. The molecule has 2 unspecified atom stereocenters. The molecule has 0 radical (unpaired) electrons. The highest BCUT2D eigenvalue weighted by molar-refractivity contribution is 7.80. The largest absolute Gasteiger partial charge is 0.469 e. The van der Waals surface area contributed by atoms with E-state index in [0.29, 0.717) is 11.7 Å². The average molecular weight is 477 g/mol. The van der Waals surface area contributed by atoms with Crippen LogP contribution in [0.25, 0.3) is 5.69 Å². The van der Waals surface area contributed by atoms with Crippen LogP contribution in [0.5, 0.6) is 0 Å². The number of hydrogen-bond donors (Lipinski definition) is 1. The third-order valence-electron chi connectivity index (χ3n) is 6.70. The molecule has 2 atom stereocenters. The topological polar surface area (TPSA) is 59.4 Å². The van der Waals surface area contributed by atoms with Gasteiger partial charge in [-0.1, -0.05) is 31.2 Å². The summed E-state index contributed by atoms with van der Waals surface area (Å²) in [6.07, 6.45) is 3.03. The summed E-state index contributed by atoms with van der Waals surface area (Å²) in [5.41, 5.74) is 8.24. The maximum Gasteiger partial charge on any atom is 0.307 e. The van der Waals surface area contributed by atoms with Gasteiger partial charge in [-0.25, -0.2) is 0 Å². The lowest BCUT2D eigenvalue weighted by Crippen LogP contribution is -2.32. The highest BCUT2D eigenvalue weighted by Gasteiger charge is 2.41. The second-order valence-corrected chi connectivity index (χ2v) is 9.13. The summed E-state index contributed by atoms with van der Waals surface area (Å²) in [5.74, 6) is -0.249. The first-order valence-electron chi connectivity index (χ1n) is 11.7. The van der Waals surface area contributed by atoms with Gasteiger partial charge in [0.15, 0.2) is 5.11 Å². The summed E-state index contributed by atoms with van der Waals surface area (Å²) in [5, 5.41) is 4.10. The molecule has 178 valence electrons. The molecule has 3 aromatic rings. The molecular weight excluding hydrogens is 444 g/mol. The van der Waals surface area contributed by atoms with Gasteiger partial charge >= 0.3 is 5.97 Å². The van der Waals surface area contributed by atoms with Crippen LogP contribution in [0.4, 0.5) is 0 Å². The molecule has 1 N–H and O–H groups in total. The maximum atomic E-state index is 12.0. The minimum atomic E-state index is -0.249. The van der Waals surface area contributed by atoms with Gasteiger partial charge in [0.2, 0.25) is 0 Å². The van der Waals surface area contributed by atoms with E-state index in [9.17, 15) is 4.79 Å². The number of thiocarbonyl (C=S) groups is 1. The van der Waals surface area contributed by atoms with E-state index < -0.39 is 0 Å². The Bertz CT molecular complexity index is 1200.